The van der Waals surface area contributed by atoms with E-state index in [2.05, 4.69) is 25.1 Å². The molecule has 0 aliphatic carbocycles. The molecule has 0 fully saturated rings. The predicted octanol–water partition coefficient (Wildman–Crippen LogP) is 4.89. The highest BCUT2D eigenvalue weighted by atomic mass is 19.4. The van der Waals surface area contributed by atoms with Crippen LogP contribution in [0.3, 0.4) is 0 Å². The van der Waals surface area contributed by atoms with Gasteiger partial charge in [-0.15, -0.1) is 0 Å². The number of halogens is 4. The molecule has 0 saturated carbocycles. The Morgan fingerprint density at radius 3 is 2.49 bits per heavy atom. The number of methoxy groups -OCH3 is 1. The number of carbonyl (C=O) groups excluding carboxylic acids is 1. The quantitative estimate of drug-likeness (QED) is 0.388. The molecular formula is C23H19F4N5O3. The summed E-state index contributed by atoms with van der Waals surface area (Å²) in [6.07, 6.45) is -4.71. The van der Waals surface area contributed by atoms with Gasteiger partial charge in [0.1, 0.15) is 11.6 Å². The second-order valence-electron chi connectivity index (χ2n) is 7.60. The van der Waals surface area contributed by atoms with Crippen LogP contribution in [0.25, 0.3) is 17.1 Å². The van der Waals surface area contributed by atoms with E-state index in [0.29, 0.717) is 33.9 Å². The van der Waals surface area contributed by atoms with Crippen LogP contribution in [0.4, 0.5) is 23.2 Å². The Morgan fingerprint density at radius 1 is 1.14 bits per heavy atom. The Bertz CT molecular complexity index is 1380. The molecular weight excluding hydrogens is 470 g/mol. The van der Waals surface area contributed by atoms with E-state index in [1.54, 1.807) is 42.8 Å². The Morgan fingerprint density at radius 2 is 1.86 bits per heavy atom. The standard InChI is InChI=1S/C23H19F4N5O3/c1-12-17(11-20(33)28-18-9-6-15(24)10-19(18)34-3)13(2)32(30-12)16-7-4-14(5-8-16)21-29-22(35-31-21)23(25,26)27/h4-10H,11H2,1-3H3,(H,28,33). The molecule has 0 radical (unpaired) electrons. The molecule has 35 heavy (non-hydrogen) atoms. The number of anilines is 1. The molecule has 4 rings (SSSR count). The number of carbonyl (C=O) groups is 1. The van der Waals surface area contributed by atoms with Crippen molar-refractivity contribution in [2.45, 2.75) is 26.4 Å². The van der Waals surface area contributed by atoms with Crippen molar-refractivity contribution in [1.82, 2.24) is 19.9 Å². The Hall–Kier alpha value is -4.22. The first-order valence-corrected chi connectivity index (χ1v) is 10.3. The van der Waals surface area contributed by atoms with Gasteiger partial charge in [-0.3, -0.25) is 4.79 Å². The highest BCUT2D eigenvalue weighted by Crippen LogP contribution is 2.30. The lowest BCUT2D eigenvalue weighted by Gasteiger charge is -2.10. The van der Waals surface area contributed by atoms with E-state index in [9.17, 15) is 22.4 Å². The summed E-state index contributed by atoms with van der Waals surface area (Å²) in [5.41, 5.74) is 3.33. The lowest BCUT2D eigenvalue weighted by atomic mass is 10.1. The van der Waals surface area contributed by atoms with Crippen LogP contribution in [0.5, 0.6) is 5.75 Å². The molecule has 0 spiro atoms. The van der Waals surface area contributed by atoms with Gasteiger partial charge in [-0.2, -0.15) is 23.3 Å². The lowest BCUT2D eigenvalue weighted by Crippen LogP contribution is -2.16. The molecule has 0 aliphatic rings. The monoisotopic (exact) mass is 489 g/mol. The molecule has 1 amide bonds. The number of hydrogen-bond acceptors (Lipinski definition) is 6. The molecule has 0 bridgehead atoms. The minimum Gasteiger partial charge on any atom is -0.494 e. The van der Waals surface area contributed by atoms with Gasteiger partial charge in [0, 0.05) is 22.9 Å². The zero-order valence-corrected chi connectivity index (χ0v) is 18.8. The van der Waals surface area contributed by atoms with Gasteiger partial charge in [-0.25, -0.2) is 9.07 Å². The topological polar surface area (TPSA) is 95.1 Å². The maximum atomic E-state index is 13.4. The third-order valence-electron chi connectivity index (χ3n) is 5.25. The first-order valence-electron chi connectivity index (χ1n) is 10.3. The lowest BCUT2D eigenvalue weighted by molar-refractivity contribution is -0.159. The zero-order valence-electron chi connectivity index (χ0n) is 18.8. The second kappa shape index (κ2) is 9.20. The second-order valence-corrected chi connectivity index (χ2v) is 7.60. The van der Waals surface area contributed by atoms with Crippen LogP contribution < -0.4 is 10.1 Å². The molecule has 12 heteroatoms. The van der Waals surface area contributed by atoms with E-state index in [-0.39, 0.29) is 23.9 Å². The van der Waals surface area contributed by atoms with E-state index in [0.717, 1.165) is 0 Å². The molecule has 4 aromatic rings. The van der Waals surface area contributed by atoms with Crippen LogP contribution >= 0.6 is 0 Å². The van der Waals surface area contributed by atoms with Gasteiger partial charge in [0.2, 0.25) is 11.7 Å². The number of aryl methyl sites for hydroxylation is 1. The molecule has 0 unspecified atom stereocenters. The minimum atomic E-state index is -4.72. The minimum absolute atomic E-state index is 0.0133. The maximum Gasteiger partial charge on any atom is 0.471 e. The first kappa shape index (κ1) is 23.9. The van der Waals surface area contributed by atoms with Crippen LogP contribution in [0.1, 0.15) is 22.8 Å². The van der Waals surface area contributed by atoms with E-state index in [1.807, 2.05) is 0 Å². The summed E-state index contributed by atoms with van der Waals surface area (Å²) >= 11 is 0. The molecule has 0 atom stereocenters. The van der Waals surface area contributed by atoms with Gasteiger partial charge in [-0.1, -0.05) is 5.16 Å². The Labute approximate surface area is 196 Å². The molecule has 2 aromatic carbocycles. The molecule has 0 saturated heterocycles. The van der Waals surface area contributed by atoms with Gasteiger partial charge < -0.3 is 14.6 Å². The number of aromatic nitrogens is 4. The highest BCUT2D eigenvalue weighted by molar-refractivity contribution is 5.94. The molecule has 8 nitrogen and oxygen atoms in total. The smallest absolute Gasteiger partial charge is 0.471 e. The predicted molar refractivity (Wildman–Crippen MR) is 117 cm³/mol. The summed E-state index contributed by atoms with van der Waals surface area (Å²) in [7, 11) is 1.38. The van der Waals surface area contributed by atoms with E-state index >= 15 is 0 Å². The number of nitrogens with zero attached hydrogens (tertiary/aromatic N) is 4. The summed E-state index contributed by atoms with van der Waals surface area (Å²) in [6, 6.07) is 10.2. The van der Waals surface area contributed by atoms with Crippen LogP contribution in [-0.4, -0.2) is 32.9 Å². The van der Waals surface area contributed by atoms with Crippen LogP contribution in [0.15, 0.2) is 47.0 Å². The number of benzene rings is 2. The van der Waals surface area contributed by atoms with E-state index in [1.165, 1.54) is 25.3 Å². The Kier molecular flexibility index (Phi) is 6.29. The molecule has 0 aliphatic heterocycles. The van der Waals surface area contributed by atoms with Crippen LogP contribution in [0, 0.1) is 19.7 Å². The van der Waals surface area contributed by atoms with Crippen molar-refractivity contribution in [2.75, 3.05) is 12.4 Å². The number of rotatable bonds is 6. The first-order chi connectivity index (χ1) is 16.6. The van der Waals surface area contributed by atoms with Gasteiger partial charge in [0.05, 0.1) is 30.6 Å². The van der Waals surface area contributed by atoms with Crippen molar-refractivity contribution >= 4 is 11.6 Å². The number of alkyl halides is 3. The summed E-state index contributed by atoms with van der Waals surface area (Å²) in [6.45, 7) is 3.56. The number of ether oxygens (including phenoxy) is 1. The highest BCUT2D eigenvalue weighted by Gasteiger charge is 2.38. The fourth-order valence-corrected chi connectivity index (χ4v) is 3.51. The average molecular weight is 489 g/mol. The number of amides is 1. The fourth-order valence-electron chi connectivity index (χ4n) is 3.51. The third-order valence-corrected chi connectivity index (χ3v) is 5.25. The number of hydrogen-bond donors (Lipinski definition) is 1. The average Bonchev–Trinajstić information content (AvgIpc) is 3.42. The van der Waals surface area contributed by atoms with E-state index in [4.69, 9.17) is 4.74 Å². The number of nitrogens with one attached hydrogen (secondary N) is 1. The van der Waals surface area contributed by atoms with Gasteiger partial charge >= 0.3 is 12.1 Å². The molecule has 1 N–H and O–H groups in total. The van der Waals surface area contributed by atoms with Crippen molar-refractivity contribution in [3.63, 3.8) is 0 Å². The van der Waals surface area contributed by atoms with Crippen LogP contribution in [-0.2, 0) is 17.4 Å². The summed E-state index contributed by atoms with van der Waals surface area (Å²) in [5.74, 6) is -2.24. The van der Waals surface area contributed by atoms with Crippen molar-refractivity contribution in [2.24, 2.45) is 0 Å². The fraction of sp³-hybridized carbons (Fsp3) is 0.217. The molecule has 182 valence electrons. The SMILES string of the molecule is COc1cc(F)ccc1NC(=O)Cc1c(C)nn(-c2ccc(-c3noc(C(F)(F)F)n3)cc2)c1C. The van der Waals surface area contributed by atoms with E-state index < -0.39 is 17.9 Å². The third kappa shape index (κ3) is 5.00. The van der Waals surface area contributed by atoms with Crippen molar-refractivity contribution in [1.29, 1.82) is 0 Å². The maximum absolute atomic E-state index is 13.4. The van der Waals surface area contributed by atoms with Crippen molar-refractivity contribution < 1.29 is 31.6 Å². The summed E-state index contributed by atoms with van der Waals surface area (Å²) in [4.78, 5) is 16.0. The van der Waals surface area contributed by atoms with Crippen LogP contribution in [0.2, 0.25) is 0 Å². The summed E-state index contributed by atoms with van der Waals surface area (Å²) < 4.78 is 62.5. The largest absolute Gasteiger partial charge is 0.494 e. The van der Waals surface area contributed by atoms with Gasteiger partial charge in [0.25, 0.3) is 0 Å². The van der Waals surface area contributed by atoms with Crippen molar-refractivity contribution in [3.05, 3.63) is 71.1 Å². The Balaban J connectivity index is 1.52. The van der Waals surface area contributed by atoms with Gasteiger partial charge in [0.15, 0.2) is 0 Å². The molecule has 2 aromatic heterocycles. The zero-order chi connectivity index (χ0) is 25.3. The van der Waals surface area contributed by atoms with Gasteiger partial charge in [-0.05, 0) is 50.2 Å². The molecule has 2 heterocycles. The normalized spacial score (nSPS) is 11.5. The van der Waals surface area contributed by atoms with Crippen molar-refractivity contribution in [3.8, 4) is 22.8 Å². The summed E-state index contributed by atoms with van der Waals surface area (Å²) in [5, 5.41) is 10.6.